The van der Waals surface area contributed by atoms with Crippen LogP contribution in [0.4, 0.5) is 26.3 Å². The standard InChI is InChI=1S/C61H93F6N4O10PS2.CH4/c1-41(2)71(42(3)4)82(79-31-15-28-68)81-52-38-56(80-53(52)40-72)70-39-44(51(74)37-55(70)75)17-19-45(73)16-13-11-10-12-14-35-83-84-57(5,6)27-32-76-46-20-22-47-43(36-46)18-21-49-48(47)25-26-58(7)50(49)23-24-54(58)77-33-29-69(9)30-34-78-59(8,60(62,63)64)61(65,66)67;/h20,22,36,39,41-42,48-50,52-54,56,72H,10-19,21,23-27,29-35,37-38,40H2,1-9H3;1H4/t48?,49?,50-,52-,53+,54-,56+,58-,82?;/m0./s1/i72D;1T. The number of hydrogen-bond acceptors (Lipinski definition) is 15. The number of aliphatic hydroxyl groups is 1. The molecule has 3 fully saturated rings. The van der Waals surface area contributed by atoms with E-state index in [2.05, 4.69) is 54.4 Å². The molecule has 2 aliphatic heterocycles. The molecular formula is C62H97F6N4O10PS2. The van der Waals surface area contributed by atoms with Gasteiger partial charge in [-0.1, -0.05) is 61.2 Å². The van der Waals surface area contributed by atoms with Crippen LogP contribution in [0.5, 0.6) is 5.75 Å². The van der Waals surface area contributed by atoms with Crippen molar-refractivity contribution in [1.82, 2.24) is 14.5 Å². The predicted molar refractivity (Wildman–Crippen MR) is 323 cm³/mol. The zero-order chi connectivity index (χ0) is 64.3. The third kappa shape index (κ3) is 19.7. The number of ether oxygens (including phenoxy) is 4. The van der Waals surface area contributed by atoms with E-state index in [4.69, 9.17) is 36.4 Å². The number of aliphatic hydroxyl groups excluding tert-OH is 1. The highest BCUT2D eigenvalue weighted by Gasteiger charge is 2.69. The highest BCUT2D eigenvalue weighted by atomic mass is 33.1. The van der Waals surface area contributed by atoms with E-state index in [0.717, 1.165) is 88.6 Å². The van der Waals surface area contributed by atoms with Crippen molar-refractivity contribution < 1.29 is 75.2 Å². The van der Waals surface area contributed by atoms with Crippen LogP contribution in [0.25, 0.3) is 0 Å². The number of aryl methyl sites for hydroxylation is 1. The molecule has 23 heteroatoms. The number of hydrogen-bond donors (Lipinski definition) is 1. The minimum atomic E-state index is -5.58. The Hall–Kier alpha value is -2.55. The number of benzene rings is 1. The molecule has 2 heterocycles. The zero-order valence-electron chi connectivity index (χ0n) is 53.8. The number of carbonyl (C=O) groups is 3. The first-order valence-corrected chi connectivity index (χ1v) is 33.8. The Balaban J connectivity index is 0.00000683. The summed E-state index contributed by atoms with van der Waals surface area (Å²) in [5, 5.41) is 13.9. The van der Waals surface area contributed by atoms with Crippen molar-refractivity contribution >= 4 is 47.6 Å². The smallest absolute Gasteiger partial charge is 0.426 e. The summed E-state index contributed by atoms with van der Waals surface area (Å²) in [6, 6.07) is 8.87. The van der Waals surface area contributed by atoms with Crippen LogP contribution in [-0.4, -0.2) is 157 Å². The molecule has 0 bridgehead atoms. The summed E-state index contributed by atoms with van der Waals surface area (Å²) in [6.45, 7) is 15.6. The van der Waals surface area contributed by atoms with E-state index in [1.807, 2.05) is 49.3 Å². The summed E-state index contributed by atoms with van der Waals surface area (Å²) in [5.41, 5.74) is -1.01. The van der Waals surface area contributed by atoms with Crippen LogP contribution < -0.4 is 4.74 Å². The Morgan fingerprint density at radius 1 is 0.988 bits per heavy atom. The van der Waals surface area contributed by atoms with Gasteiger partial charge in [0.25, 0.3) is 14.1 Å². The molecular weight excluding hydrogens is 1170 g/mol. The summed E-state index contributed by atoms with van der Waals surface area (Å²) in [5.74, 6) is 2.86. The van der Waals surface area contributed by atoms with E-state index in [1.165, 1.54) is 29.6 Å². The fourth-order valence-electron chi connectivity index (χ4n) is 12.8. The normalized spacial score (nSPS) is 25.3. The number of carbonyl (C=O) groups excluding carboxylic acids is 3. The van der Waals surface area contributed by atoms with Gasteiger partial charge >= 0.3 is 12.4 Å². The van der Waals surface area contributed by atoms with Crippen molar-refractivity contribution in [2.24, 2.45) is 17.3 Å². The third-order valence-electron chi connectivity index (χ3n) is 17.8. The monoisotopic (exact) mass is 1270 g/mol. The molecule has 3 unspecified atom stereocenters. The number of amides is 1. The zero-order valence-corrected chi connectivity index (χ0v) is 54.3. The van der Waals surface area contributed by atoms with E-state index in [1.54, 1.807) is 11.9 Å². The number of Topliss-reactive ketones (excluding diaryl/α,β-unsaturated/α-hetero) is 2. The minimum absolute atomic E-state index is 0.00626. The first-order valence-electron chi connectivity index (χ1n) is 31.7. The largest absolute Gasteiger partial charge is 0.494 e. The lowest BCUT2D eigenvalue weighted by molar-refractivity contribution is -0.374. The number of likely N-dealkylation sites (N-methyl/N-ethyl adjacent to an activating group) is 1. The summed E-state index contributed by atoms with van der Waals surface area (Å²) in [4.78, 5) is 42.3. The lowest BCUT2D eigenvalue weighted by atomic mass is 9.55. The van der Waals surface area contributed by atoms with E-state index in [0.29, 0.717) is 49.5 Å². The van der Waals surface area contributed by atoms with Gasteiger partial charge in [-0.2, -0.15) is 31.6 Å². The topological polar surface area (TPSA) is 160 Å². The van der Waals surface area contributed by atoms with Gasteiger partial charge in [-0.05, 0) is 166 Å². The quantitative estimate of drug-likeness (QED) is 0.0222. The Labute approximate surface area is 514 Å². The van der Waals surface area contributed by atoms with Crippen LogP contribution >= 0.6 is 30.1 Å². The number of allylic oxidation sites excluding steroid dienone is 1. The maximum absolute atomic E-state index is 13.2. The van der Waals surface area contributed by atoms with Gasteiger partial charge in [0.1, 0.15) is 23.9 Å². The number of nitriles is 1. The molecule has 1 saturated heterocycles. The number of ketones is 2. The number of alkyl halides is 6. The highest BCUT2D eigenvalue weighted by molar-refractivity contribution is 8.77. The number of unbranched alkanes of at least 4 members (excludes halogenated alkanes) is 4. The van der Waals surface area contributed by atoms with Crippen LogP contribution in [-0.2, 0) is 44.1 Å². The molecule has 1 N–H and O–H groups in total. The molecule has 0 spiro atoms. The molecule has 14 nitrogen and oxygen atoms in total. The first kappa shape index (κ1) is 69.9. The van der Waals surface area contributed by atoms with Crippen LogP contribution in [0.15, 0.2) is 30.0 Å². The summed E-state index contributed by atoms with van der Waals surface area (Å²) in [6.07, 6.45) is 1.40. The molecule has 1 amide bonds. The van der Waals surface area contributed by atoms with Gasteiger partial charge in [0.05, 0.1) is 64.2 Å². The molecule has 0 radical (unpaired) electrons. The molecule has 9 atom stereocenters. The van der Waals surface area contributed by atoms with E-state index in [9.17, 15) is 40.7 Å². The number of fused-ring (bicyclic) bond motifs is 5. The van der Waals surface area contributed by atoms with Crippen molar-refractivity contribution in [3.8, 4) is 11.8 Å². The molecule has 85 heavy (non-hydrogen) atoms. The Morgan fingerprint density at radius 2 is 1.69 bits per heavy atom. The molecule has 484 valence electrons. The lowest BCUT2D eigenvalue weighted by Gasteiger charge is -2.50. The second-order valence-corrected chi connectivity index (χ2v) is 29.6. The van der Waals surface area contributed by atoms with E-state index >= 15 is 0 Å². The highest BCUT2D eigenvalue weighted by Crippen LogP contribution is 2.62. The molecule has 0 aromatic heterocycles. The average molecular weight is 1270 g/mol. The molecule has 1 aromatic rings. The Morgan fingerprint density at radius 3 is 2.39 bits per heavy atom. The van der Waals surface area contributed by atoms with Crippen molar-refractivity contribution in [2.45, 2.75) is 244 Å². The maximum atomic E-state index is 13.2. The summed E-state index contributed by atoms with van der Waals surface area (Å²) < 4.78 is 131. The SMILES string of the molecule is [2H]OC[C@H]1O[C@@H](N2C=C(CCC(=O)CCCCCCCSSC(C)(C)CCOc3ccc4c(c3)CCC3C4CC[C@]4(C)[C@@H](OCCN(C)CCOC(C)(C(F)(F)F)C(F)(F)F)CC[C@@H]34)C(=O)CC2=O)C[C@@H]1OP(OCCC#N)N(C(C)C)C(C)C.[3H]C. The van der Waals surface area contributed by atoms with Gasteiger partial charge in [0.15, 0.2) is 5.78 Å². The number of halogens is 6. The van der Waals surface area contributed by atoms with Crippen molar-refractivity contribution in [2.75, 3.05) is 58.9 Å². The van der Waals surface area contributed by atoms with Crippen LogP contribution in [0.2, 0.25) is 0 Å². The molecule has 2 saturated carbocycles. The van der Waals surface area contributed by atoms with Crippen LogP contribution in [0.3, 0.4) is 0 Å². The Bertz CT molecular complexity index is 2390. The van der Waals surface area contributed by atoms with E-state index < -0.39 is 57.4 Å². The Kier molecular flexibility index (Phi) is 27.1. The van der Waals surface area contributed by atoms with Gasteiger partial charge in [0.2, 0.25) is 7.34 Å². The van der Waals surface area contributed by atoms with Gasteiger partial charge in [-0.3, -0.25) is 19.3 Å². The minimum Gasteiger partial charge on any atom is -0.494 e. The molecule has 1 aromatic carbocycles. The second kappa shape index (κ2) is 33.0. The van der Waals surface area contributed by atoms with Crippen LogP contribution in [0.1, 0.15) is 190 Å². The van der Waals surface area contributed by atoms with Gasteiger partial charge in [0, 0.05) is 68.1 Å². The molecule has 3 aliphatic carbocycles. The van der Waals surface area contributed by atoms with Gasteiger partial charge in [-0.15, -0.1) is 0 Å². The maximum Gasteiger partial charge on any atom is 0.426 e. The van der Waals surface area contributed by atoms with Crippen molar-refractivity contribution in [1.29, 1.82) is 6.69 Å². The third-order valence-corrected chi connectivity index (χ3v) is 23.3. The number of rotatable bonds is 36. The average Bonchev–Trinajstić information content (AvgIpc) is 2.06. The van der Waals surface area contributed by atoms with E-state index in [-0.39, 0.29) is 98.7 Å². The molecule has 6 rings (SSSR count). The van der Waals surface area contributed by atoms with Gasteiger partial charge in [-0.25, -0.2) is 4.67 Å². The number of nitrogens with zero attached hydrogens (tertiary/aromatic N) is 4. The molecule has 5 aliphatic rings. The first-order chi connectivity index (χ1) is 41.1. The van der Waals surface area contributed by atoms with Crippen molar-refractivity contribution in [3.05, 3.63) is 41.1 Å². The fraction of sp³-hybridized carbons (Fsp3) is 0.806. The summed E-state index contributed by atoms with van der Waals surface area (Å²) >= 11 is 0. The van der Waals surface area contributed by atoms with Crippen molar-refractivity contribution in [3.63, 3.8) is 0 Å². The second-order valence-electron chi connectivity index (χ2n) is 25.0. The lowest BCUT2D eigenvalue weighted by Crippen LogP contribution is -2.57. The fourth-order valence-corrected chi connectivity index (χ4v) is 17.2. The van der Waals surface area contributed by atoms with Crippen LogP contribution in [0, 0.1) is 28.6 Å². The van der Waals surface area contributed by atoms with Gasteiger partial charge < -0.3 is 38.0 Å². The summed E-state index contributed by atoms with van der Waals surface area (Å²) in [7, 11) is 5.05. The predicted octanol–water partition coefficient (Wildman–Crippen LogP) is 14.5.